The smallest absolute Gasteiger partial charge is 0.414 e. The van der Waals surface area contributed by atoms with E-state index in [9.17, 15) is 9.59 Å². The number of ether oxygens (including phenoxy) is 2. The molecule has 0 spiro atoms. The van der Waals surface area contributed by atoms with E-state index in [1.807, 2.05) is 54.6 Å². The standard InChI is InChI=1S/C21H22N2O4/c24-19(21(9-12-26-13-10-21)16-5-2-1-3-6-16)22-17-7-4-8-18(15-17)23-11-14-27-20(23)25/h1-8,15H,9-14H2,(H,22,24). The van der Waals surface area contributed by atoms with Gasteiger partial charge in [-0.1, -0.05) is 36.4 Å². The first-order chi connectivity index (χ1) is 13.2. The molecule has 0 atom stereocenters. The van der Waals surface area contributed by atoms with Gasteiger partial charge < -0.3 is 14.8 Å². The van der Waals surface area contributed by atoms with Crippen LogP contribution in [0.25, 0.3) is 0 Å². The van der Waals surface area contributed by atoms with E-state index in [-0.39, 0.29) is 12.0 Å². The summed E-state index contributed by atoms with van der Waals surface area (Å²) in [5.74, 6) is -0.0434. The number of carbonyl (C=O) groups is 2. The van der Waals surface area contributed by atoms with Gasteiger partial charge in [-0.05, 0) is 36.6 Å². The molecule has 0 bridgehead atoms. The molecule has 2 saturated heterocycles. The van der Waals surface area contributed by atoms with Crippen LogP contribution in [-0.4, -0.2) is 38.4 Å². The highest BCUT2D eigenvalue weighted by Crippen LogP contribution is 2.36. The van der Waals surface area contributed by atoms with Crippen LogP contribution in [-0.2, 0) is 19.7 Å². The summed E-state index contributed by atoms with van der Waals surface area (Å²) in [6, 6.07) is 17.2. The zero-order chi connectivity index (χ0) is 18.7. The van der Waals surface area contributed by atoms with Crippen molar-refractivity contribution in [2.75, 3.05) is 36.6 Å². The van der Waals surface area contributed by atoms with Crippen molar-refractivity contribution in [1.29, 1.82) is 0 Å². The zero-order valence-corrected chi connectivity index (χ0v) is 15.0. The number of cyclic esters (lactones) is 1. The fourth-order valence-corrected chi connectivity index (χ4v) is 3.75. The lowest BCUT2D eigenvalue weighted by Gasteiger charge is -2.36. The third-order valence-electron chi connectivity index (χ3n) is 5.28. The van der Waals surface area contributed by atoms with Gasteiger partial charge in [0.1, 0.15) is 6.61 Å². The summed E-state index contributed by atoms with van der Waals surface area (Å²) in [7, 11) is 0. The van der Waals surface area contributed by atoms with Gasteiger partial charge in [0.25, 0.3) is 0 Å². The summed E-state index contributed by atoms with van der Waals surface area (Å²) in [5, 5.41) is 3.06. The van der Waals surface area contributed by atoms with E-state index in [1.165, 1.54) is 0 Å². The van der Waals surface area contributed by atoms with Gasteiger partial charge in [-0.3, -0.25) is 9.69 Å². The maximum atomic E-state index is 13.3. The van der Waals surface area contributed by atoms with Crippen LogP contribution in [0.15, 0.2) is 54.6 Å². The minimum Gasteiger partial charge on any atom is -0.447 e. The molecule has 0 radical (unpaired) electrons. The molecule has 0 aliphatic carbocycles. The summed E-state index contributed by atoms with van der Waals surface area (Å²) in [4.78, 5) is 26.7. The highest BCUT2D eigenvalue weighted by molar-refractivity contribution is 6.00. The summed E-state index contributed by atoms with van der Waals surface area (Å²) in [5.41, 5.74) is 1.78. The lowest BCUT2D eigenvalue weighted by Crippen LogP contribution is -2.44. The Balaban J connectivity index is 1.59. The first-order valence-corrected chi connectivity index (χ1v) is 9.18. The van der Waals surface area contributed by atoms with Gasteiger partial charge in [0.05, 0.1) is 12.0 Å². The molecule has 0 saturated carbocycles. The van der Waals surface area contributed by atoms with Gasteiger partial charge in [0, 0.05) is 24.6 Å². The Morgan fingerprint density at radius 1 is 1.00 bits per heavy atom. The molecular weight excluding hydrogens is 344 g/mol. The van der Waals surface area contributed by atoms with E-state index in [2.05, 4.69) is 5.32 Å². The fraction of sp³-hybridized carbons (Fsp3) is 0.333. The van der Waals surface area contributed by atoms with Crippen LogP contribution in [0.5, 0.6) is 0 Å². The van der Waals surface area contributed by atoms with Crippen molar-refractivity contribution in [2.24, 2.45) is 0 Å². The van der Waals surface area contributed by atoms with Crippen molar-refractivity contribution in [3.05, 3.63) is 60.2 Å². The van der Waals surface area contributed by atoms with E-state index in [4.69, 9.17) is 9.47 Å². The van der Waals surface area contributed by atoms with Gasteiger partial charge in [-0.2, -0.15) is 0 Å². The van der Waals surface area contributed by atoms with Crippen LogP contribution in [0.4, 0.5) is 16.2 Å². The molecule has 4 rings (SSSR count). The Bertz CT molecular complexity index is 831. The molecule has 2 fully saturated rings. The summed E-state index contributed by atoms with van der Waals surface area (Å²) >= 11 is 0. The van der Waals surface area contributed by atoms with Crippen LogP contribution in [0.3, 0.4) is 0 Å². The average molecular weight is 366 g/mol. The molecule has 2 aliphatic rings. The van der Waals surface area contributed by atoms with Crippen LogP contribution in [0, 0.1) is 0 Å². The number of hydrogen-bond acceptors (Lipinski definition) is 4. The van der Waals surface area contributed by atoms with Crippen molar-refractivity contribution in [3.63, 3.8) is 0 Å². The van der Waals surface area contributed by atoms with Crippen LogP contribution in [0.2, 0.25) is 0 Å². The number of nitrogens with one attached hydrogen (secondary N) is 1. The second kappa shape index (κ2) is 7.40. The number of anilines is 2. The lowest BCUT2D eigenvalue weighted by molar-refractivity contribution is -0.125. The maximum absolute atomic E-state index is 13.3. The van der Waals surface area contributed by atoms with Crippen LogP contribution in [0.1, 0.15) is 18.4 Å². The molecule has 140 valence electrons. The predicted octanol–water partition coefficient (Wildman–Crippen LogP) is 3.33. The molecule has 1 N–H and O–H groups in total. The van der Waals surface area contributed by atoms with E-state index in [0.717, 1.165) is 11.3 Å². The third kappa shape index (κ3) is 3.40. The second-order valence-corrected chi connectivity index (χ2v) is 6.83. The summed E-state index contributed by atoms with van der Waals surface area (Å²) in [6.07, 6.45) is 0.922. The van der Waals surface area contributed by atoms with E-state index < -0.39 is 5.41 Å². The van der Waals surface area contributed by atoms with Crippen molar-refractivity contribution in [2.45, 2.75) is 18.3 Å². The average Bonchev–Trinajstić information content (AvgIpc) is 3.15. The molecule has 2 aliphatic heterocycles. The van der Waals surface area contributed by atoms with Crippen molar-refractivity contribution in [1.82, 2.24) is 0 Å². The molecule has 0 aromatic heterocycles. The molecule has 27 heavy (non-hydrogen) atoms. The Hall–Kier alpha value is -2.86. The molecule has 6 nitrogen and oxygen atoms in total. The lowest BCUT2D eigenvalue weighted by atomic mass is 9.73. The van der Waals surface area contributed by atoms with Gasteiger partial charge in [0.2, 0.25) is 5.91 Å². The zero-order valence-electron chi connectivity index (χ0n) is 15.0. The third-order valence-corrected chi connectivity index (χ3v) is 5.28. The first-order valence-electron chi connectivity index (χ1n) is 9.18. The number of carbonyl (C=O) groups excluding carboxylic acids is 2. The van der Waals surface area contributed by atoms with Crippen molar-refractivity contribution in [3.8, 4) is 0 Å². The number of rotatable bonds is 4. The predicted molar refractivity (Wildman–Crippen MR) is 102 cm³/mol. The summed E-state index contributed by atoms with van der Waals surface area (Å²) in [6.45, 7) is 2.01. The van der Waals surface area contributed by atoms with Crippen molar-refractivity contribution < 1.29 is 19.1 Å². The largest absolute Gasteiger partial charge is 0.447 e. The Morgan fingerprint density at radius 2 is 1.78 bits per heavy atom. The molecular formula is C21H22N2O4. The monoisotopic (exact) mass is 366 g/mol. The van der Waals surface area contributed by atoms with Gasteiger partial charge in [0.15, 0.2) is 0 Å². The fourth-order valence-electron chi connectivity index (χ4n) is 3.75. The Kier molecular flexibility index (Phi) is 4.81. The molecule has 6 heteroatoms. The highest BCUT2D eigenvalue weighted by Gasteiger charge is 2.41. The number of nitrogens with zero attached hydrogens (tertiary/aromatic N) is 1. The molecule has 2 aromatic carbocycles. The normalized spacial score (nSPS) is 18.8. The quantitative estimate of drug-likeness (QED) is 0.901. The maximum Gasteiger partial charge on any atom is 0.414 e. The molecule has 2 aromatic rings. The van der Waals surface area contributed by atoms with Crippen molar-refractivity contribution >= 4 is 23.4 Å². The minimum absolute atomic E-state index is 0.0434. The first kappa shape index (κ1) is 17.5. The SMILES string of the molecule is O=C1OCCN1c1cccc(NC(=O)C2(c3ccccc3)CCOCC2)c1. The Labute approximate surface area is 158 Å². The highest BCUT2D eigenvalue weighted by atomic mass is 16.6. The van der Waals surface area contributed by atoms with E-state index >= 15 is 0 Å². The molecule has 2 heterocycles. The van der Waals surface area contributed by atoms with Gasteiger partial charge in [-0.25, -0.2) is 4.79 Å². The summed E-state index contributed by atoms with van der Waals surface area (Å²) < 4.78 is 10.5. The van der Waals surface area contributed by atoms with Gasteiger partial charge in [-0.15, -0.1) is 0 Å². The van der Waals surface area contributed by atoms with E-state index in [0.29, 0.717) is 44.9 Å². The molecule has 0 unspecified atom stereocenters. The van der Waals surface area contributed by atoms with Crippen LogP contribution < -0.4 is 10.2 Å². The molecule has 2 amide bonds. The topological polar surface area (TPSA) is 67.9 Å². The minimum atomic E-state index is -0.609. The second-order valence-electron chi connectivity index (χ2n) is 6.83. The number of hydrogen-bond donors (Lipinski definition) is 1. The number of benzene rings is 2. The van der Waals surface area contributed by atoms with Crippen LogP contribution >= 0.6 is 0 Å². The van der Waals surface area contributed by atoms with E-state index in [1.54, 1.807) is 4.90 Å². The Morgan fingerprint density at radius 3 is 2.48 bits per heavy atom. The van der Waals surface area contributed by atoms with Gasteiger partial charge >= 0.3 is 6.09 Å². The number of amides is 2.